The number of halogens is 1. The summed E-state index contributed by atoms with van der Waals surface area (Å²) in [6.07, 6.45) is 5.65. The van der Waals surface area contributed by atoms with E-state index >= 15 is 0 Å². The molecule has 0 fully saturated rings. The zero-order chi connectivity index (χ0) is 16.3. The third kappa shape index (κ3) is 1.91. The number of pyridine rings is 1. The number of hydrogen-bond donors (Lipinski definition) is 1. The molecule has 118 valence electrons. The van der Waals surface area contributed by atoms with Crippen molar-refractivity contribution < 1.29 is 0 Å². The Morgan fingerprint density at radius 2 is 2.33 bits per heavy atom. The van der Waals surface area contributed by atoms with Crippen molar-refractivity contribution in [1.29, 1.82) is 5.26 Å². The van der Waals surface area contributed by atoms with Gasteiger partial charge in [-0.25, -0.2) is 9.97 Å². The fourth-order valence-corrected chi connectivity index (χ4v) is 4.48. The third-order valence-electron chi connectivity index (χ3n) is 4.65. The van der Waals surface area contributed by atoms with Crippen molar-refractivity contribution in [1.82, 2.24) is 29.3 Å². The zero-order valence-electron chi connectivity index (χ0n) is 12.6. The Kier molecular flexibility index (Phi) is 2.94. The Hall–Kier alpha value is -2.41. The second-order valence-electron chi connectivity index (χ2n) is 5.99. The summed E-state index contributed by atoms with van der Waals surface area (Å²) in [5.74, 6) is 0. The van der Waals surface area contributed by atoms with Gasteiger partial charge in [-0.15, -0.1) is 0 Å². The topological polar surface area (TPSA) is 88.1 Å². The van der Waals surface area contributed by atoms with Gasteiger partial charge in [0, 0.05) is 17.3 Å². The second kappa shape index (κ2) is 5.04. The van der Waals surface area contributed by atoms with Gasteiger partial charge in [0.25, 0.3) is 0 Å². The van der Waals surface area contributed by atoms with E-state index in [9.17, 15) is 0 Å². The molecule has 0 saturated carbocycles. The van der Waals surface area contributed by atoms with Crippen LogP contribution in [0, 0.1) is 15.2 Å². The van der Waals surface area contributed by atoms with Crippen LogP contribution < -0.4 is 0 Å². The molecule has 1 atom stereocenters. The maximum atomic E-state index is 9.06. The lowest BCUT2D eigenvalue weighted by atomic mass is 10.0. The van der Waals surface area contributed by atoms with Crippen LogP contribution in [0.15, 0.2) is 24.5 Å². The van der Waals surface area contributed by atoms with E-state index in [1.165, 1.54) is 0 Å². The van der Waals surface area contributed by atoms with E-state index in [0.29, 0.717) is 5.69 Å². The number of nitrogens with one attached hydrogen (secondary N) is 1. The third-order valence-corrected chi connectivity index (χ3v) is 5.41. The first kappa shape index (κ1) is 14.0. The summed E-state index contributed by atoms with van der Waals surface area (Å²) in [6, 6.07) is 6.34. The molecule has 0 aliphatic carbocycles. The molecule has 4 aromatic rings. The highest BCUT2D eigenvalue weighted by molar-refractivity contribution is 14.1. The fraction of sp³-hybridized carbons (Fsp3) is 0.250. The SMILES string of the molecule is N#Cc1cc2n(n1)CC(n1c(I)nc3cnc4[nH]ccc4c31)CC2. The maximum absolute atomic E-state index is 9.06. The summed E-state index contributed by atoms with van der Waals surface area (Å²) < 4.78 is 5.22. The summed E-state index contributed by atoms with van der Waals surface area (Å²) >= 11 is 2.29. The number of aryl methyl sites for hydroxylation is 1. The van der Waals surface area contributed by atoms with Crippen LogP contribution >= 0.6 is 22.6 Å². The lowest BCUT2D eigenvalue weighted by Crippen LogP contribution is -2.24. The van der Waals surface area contributed by atoms with Crippen LogP contribution in [0.2, 0.25) is 0 Å². The fourth-order valence-electron chi connectivity index (χ4n) is 3.58. The van der Waals surface area contributed by atoms with Gasteiger partial charge in [0.2, 0.25) is 0 Å². The van der Waals surface area contributed by atoms with Gasteiger partial charge < -0.3 is 9.55 Å². The van der Waals surface area contributed by atoms with Crippen molar-refractivity contribution >= 4 is 44.7 Å². The number of fused-ring (bicyclic) bond motifs is 4. The monoisotopic (exact) mass is 429 g/mol. The predicted octanol–water partition coefficient (Wildman–Crippen LogP) is 2.77. The minimum Gasteiger partial charge on any atom is -0.346 e. The Labute approximate surface area is 150 Å². The smallest absolute Gasteiger partial charge is 0.172 e. The average Bonchev–Trinajstić information content (AvgIpc) is 3.28. The normalized spacial score (nSPS) is 17.2. The van der Waals surface area contributed by atoms with Gasteiger partial charge in [-0.05, 0) is 47.6 Å². The van der Waals surface area contributed by atoms with Crippen LogP contribution in [0.25, 0.3) is 22.1 Å². The predicted molar refractivity (Wildman–Crippen MR) is 96.4 cm³/mol. The number of hydrogen-bond acceptors (Lipinski definition) is 4. The molecular formula is C16H12IN7. The summed E-state index contributed by atoms with van der Waals surface area (Å²) in [4.78, 5) is 12.3. The number of aromatic nitrogens is 6. The van der Waals surface area contributed by atoms with Crippen molar-refractivity contribution in [3.05, 3.63) is 39.7 Å². The first-order valence-electron chi connectivity index (χ1n) is 7.71. The maximum Gasteiger partial charge on any atom is 0.172 e. The van der Waals surface area contributed by atoms with Crippen molar-refractivity contribution in [2.24, 2.45) is 0 Å². The molecule has 0 saturated heterocycles. The van der Waals surface area contributed by atoms with E-state index in [2.05, 4.69) is 59.3 Å². The van der Waals surface area contributed by atoms with E-state index in [1.54, 1.807) is 0 Å². The van der Waals surface area contributed by atoms with Gasteiger partial charge in [-0.2, -0.15) is 10.4 Å². The number of H-pyrrole nitrogens is 1. The van der Waals surface area contributed by atoms with Crippen LogP contribution in [0.3, 0.4) is 0 Å². The molecule has 0 radical (unpaired) electrons. The Morgan fingerprint density at radius 1 is 1.42 bits per heavy atom. The molecule has 1 aliphatic heterocycles. The summed E-state index contributed by atoms with van der Waals surface area (Å²) in [5, 5.41) is 14.5. The van der Waals surface area contributed by atoms with Crippen LogP contribution in [-0.4, -0.2) is 29.3 Å². The molecule has 0 bridgehead atoms. The highest BCUT2D eigenvalue weighted by Gasteiger charge is 2.26. The zero-order valence-corrected chi connectivity index (χ0v) is 14.7. The Morgan fingerprint density at radius 3 is 3.21 bits per heavy atom. The van der Waals surface area contributed by atoms with E-state index in [-0.39, 0.29) is 6.04 Å². The lowest BCUT2D eigenvalue weighted by Gasteiger charge is -2.26. The van der Waals surface area contributed by atoms with Crippen LogP contribution in [0.5, 0.6) is 0 Å². The van der Waals surface area contributed by atoms with Gasteiger partial charge >= 0.3 is 0 Å². The summed E-state index contributed by atoms with van der Waals surface area (Å²) in [7, 11) is 0. The van der Waals surface area contributed by atoms with Crippen molar-refractivity contribution in [2.75, 3.05) is 0 Å². The van der Waals surface area contributed by atoms with Crippen molar-refractivity contribution in [3.8, 4) is 6.07 Å². The highest BCUT2D eigenvalue weighted by atomic mass is 127. The van der Waals surface area contributed by atoms with E-state index in [4.69, 9.17) is 5.26 Å². The minimum atomic E-state index is 0.265. The highest BCUT2D eigenvalue weighted by Crippen LogP contribution is 2.32. The molecule has 1 N–H and O–H groups in total. The Balaban J connectivity index is 1.68. The minimum absolute atomic E-state index is 0.265. The van der Waals surface area contributed by atoms with Crippen molar-refractivity contribution in [2.45, 2.75) is 25.4 Å². The van der Waals surface area contributed by atoms with Crippen LogP contribution in [0.4, 0.5) is 0 Å². The quantitative estimate of drug-likeness (QED) is 0.472. The Bertz CT molecular complexity index is 1130. The van der Waals surface area contributed by atoms with Crippen LogP contribution in [0.1, 0.15) is 23.9 Å². The van der Waals surface area contributed by atoms with Gasteiger partial charge in [0.1, 0.15) is 17.2 Å². The first-order valence-corrected chi connectivity index (χ1v) is 8.79. The molecule has 24 heavy (non-hydrogen) atoms. The van der Waals surface area contributed by atoms with E-state index in [1.807, 2.05) is 23.1 Å². The molecule has 4 aromatic heterocycles. The summed E-state index contributed by atoms with van der Waals surface area (Å²) in [5.41, 5.74) is 4.54. The molecule has 0 amide bonds. The molecule has 7 nitrogen and oxygen atoms in total. The molecule has 1 aliphatic rings. The van der Waals surface area contributed by atoms with Crippen LogP contribution in [-0.2, 0) is 13.0 Å². The van der Waals surface area contributed by atoms with Gasteiger partial charge in [0.15, 0.2) is 9.53 Å². The van der Waals surface area contributed by atoms with Gasteiger partial charge in [-0.1, -0.05) is 0 Å². The number of aromatic amines is 1. The summed E-state index contributed by atoms with van der Waals surface area (Å²) in [6.45, 7) is 0.757. The standard InChI is InChI=1S/C16H12IN7/c17-16-21-13-7-20-15-12(3-4-19-15)14(13)24(16)11-2-1-10-5-9(6-18)22-23(10)8-11/h3-5,7,11H,1-2,8H2,(H,19,20). The lowest BCUT2D eigenvalue weighted by molar-refractivity contribution is 0.344. The van der Waals surface area contributed by atoms with Crippen molar-refractivity contribution in [3.63, 3.8) is 0 Å². The molecular weight excluding hydrogens is 417 g/mol. The molecule has 5 heterocycles. The molecule has 0 spiro atoms. The second-order valence-corrected chi connectivity index (χ2v) is 6.96. The molecule has 8 heteroatoms. The number of rotatable bonds is 1. The first-order chi connectivity index (χ1) is 11.7. The molecule has 1 unspecified atom stereocenters. The molecule has 0 aromatic carbocycles. The van der Waals surface area contributed by atoms with E-state index in [0.717, 1.165) is 51.0 Å². The number of nitriles is 1. The van der Waals surface area contributed by atoms with E-state index < -0.39 is 0 Å². The van der Waals surface area contributed by atoms with Gasteiger partial charge in [-0.3, -0.25) is 4.68 Å². The molecule has 5 rings (SSSR count). The van der Waals surface area contributed by atoms with Gasteiger partial charge in [0.05, 0.1) is 24.3 Å². The number of nitrogens with zero attached hydrogens (tertiary/aromatic N) is 6. The average molecular weight is 429 g/mol. The number of imidazole rings is 1. The largest absolute Gasteiger partial charge is 0.346 e.